The third-order valence-electron chi connectivity index (χ3n) is 4.56. The van der Waals surface area contributed by atoms with E-state index in [-0.39, 0.29) is 17.6 Å². The Kier molecular flexibility index (Phi) is 6.67. The maximum atomic E-state index is 12.5. The number of thiocarbonyl (C=S) groups is 1. The number of hydrogen-bond acceptors (Lipinski definition) is 7. The molecule has 2 heterocycles. The molecule has 0 saturated carbocycles. The van der Waals surface area contributed by atoms with Gasteiger partial charge >= 0.3 is 5.97 Å². The van der Waals surface area contributed by atoms with Crippen LogP contribution in [0, 0.1) is 0 Å². The minimum absolute atomic E-state index is 0.0731. The van der Waals surface area contributed by atoms with Crippen LogP contribution >= 0.6 is 23.6 Å². The number of thiophene rings is 1. The van der Waals surface area contributed by atoms with E-state index in [0.29, 0.717) is 34.2 Å². The van der Waals surface area contributed by atoms with Crippen molar-refractivity contribution in [2.24, 2.45) is 0 Å². The third-order valence-corrected chi connectivity index (χ3v) is 5.91. The molecule has 0 radical (unpaired) electrons. The lowest BCUT2D eigenvalue weighted by Crippen LogP contribution is -2.34. The minimum Gasteiger partial charge on any atom is -0.485 e. The fourth-order valence-electron chi connectivity index (χ4n) is 3.08. The maximum absolute atomic E-state index is 12.5. The molecule has 7 nitrogen and oxygen atoms in total. The van der Waals surface area contributed by atoms with Crippen LogP contribution in [-0.4, -0.2) is 30.2 Å². The summed E-state index contributed by atoms with van der Waals surface area (Å²) in [6.45, 7) is 2.27. The Morgan fingerprint density at radius 1 is 1.12 bits per heavy atom. The van der Waals surface area contributed by atoms with E-state index >= 15 is 0 Å². The molecule has 164 valence electrons. The van der Waals surface area contributed by atoms with Crippen LogP contribution in [0.25, 0.3) is 0 Å². The molecule has 2 aromatic carbocycles. The van der Waals surface area contributed by atoms with E-state index in [9.17, 15) is 9.59 Å². The summed E-state index contributed by atoms with van der Waals surface area (Å²) < 4.78 is 17.0. The third kappa shape index (κ3) is 4.90. The van der Waals surface area contributed by atoms with Crippen LogP contribution < -0.4 is 20.1 Å². The lowest BCUT2D eigenvalue weighted by molar-refractivity contribution is 0.0527. The van der Waals surface area contributed by atoms with Crippen LogP contribution in [-0.2, 0) is 4.74 Å². The molecule has 1 aliphatic heterocycles. The molecular weight excluding hydrogens is 448 g/mol. The van der Waals surface area contributed by atoms with Crippen molar-refractivity contribution in [3.05, 3.63) is 76.7 Å². The van der Waals surface area contributed by atoms with Gasteiger partial charge in [-0.2, -0.15) is 0 Å². The fourth-order valence-corrected chi connectivity index (χ4v) is 4.41. The van der Waals surface area contributed by atoms with Crippen LogP contribution in [0.5, 0.6) is 11.5 Å². The first-order valence-electron chi connectivity index (χ1n) is 9.92. The van der Waals surface area contributed by atoms with Gasteiger partial charge in [0, 0.05) is 5.56 Å². The summed E-state index contributed by atoms with van der Waals surface area (Å²) in [7, 11) is 0. The highest BCUT2D eigenvalue weighted by Gasteiger charge is 2.27. The maximum Gasteiger partial charge on any atom is 0.341 e. The summed E-state index contributed by atoms with van der Waals surface area (Å²) in [6, 6.07) is 17.8. The topological polar surface area (TPSA) is 85.9 Å². The summed E-state index contributed by atoms with van der Waals surface area (Å²) in [4.78, 5) is 25.7. The number of esters is 1. The molecule has 1 atom stereocenters. The van der Waals surface area contributed by atoms with Crippen molar-refractivity contribution in [1.82, 2.24) is 5.32 Å². The second kappa shape index (κ2) is 9.80. The first kappa shape index (κ1) is 21.8. The first-order chi connectivity index (χ1) is 15.5. The molecule has 0 saturated heterocycles. The molecule has 0 bridgehead atoms. The molecule has 2 N–H and O–H groups in total. The van der Waals surface area contributed by atoms with Gasteiger partial charge in [-0.3, -0.25) is 10.1 Å². The van der Waals surface area contributed by atoms with Crippen molar-refractivity contribution in [1.29, 1.82) is 0 Å². The fraction of sp³-hybridized carbons (Fsp3) is 0.174. The number of benzene rings is 2. The van der Waals surface area contributed by atoms with Gasteiger partial charge in [0.05, 0.1) is 17.0 Å². The SMILES string of the molecule is CCOC(=O)c1cc([C@H]2COc3ccccc3O2)sc1NC(=S)NC(=O)c1ccccc1. The highest BCUT2D eigenvalue weighted by molar-refractivity contribution is 7.80. The van der Waals surface area contributed by atoms with Gasteiger partial charge < -0.3 is 19.5 Å². The average molecular weight is 469 g/mol. The highest BCUT2D eigenvalue weighted by atomic mass is 32.1. The van der Waals surface area contributed by atoms with Gasteiger partial charge in [-0.1, -0.05) is 30.3 Å². The smallest absolute Gasteiger partial charge is 0.341 e. The lowest BCUT2D eigenvalue weighted by atomic mass is 10.2. The molecule has 32 heavy (non-hydrogen) atoms. The highest BCUT2D eigenvalue weighted by Crippen LogP contribution is 2.40. The number of nitrogens with one attached hydrogen (secondary N) is 2. The predicted molar refractivity (Wildman–Crippen MR) is 126 cm³/mol. The summed E-state index contributed by atoms with van der Waals surface area (Å²) >= 11 is 6.59. The zero-order valence-corrected chi connectivity index (χ0v) is 18.8. The molecule has 1 aromatic heterocycles. The number of carbonyl (C=O) groups excluding carboxylic acids is 2. The Hall–Kier alpha value is -3.43. The number of anilines is 1. The van der Waals surface area contributed by atoms with Crippen molar-refractivity contribution in [2.75, 3.05) is 18.5 Å². The van der Waals surface area contributed by atoms with Gasteiger partial charge in [-0.25, -0.2) is 4.79 Å². The van der Waals surface area contributed by atoms with Crippen molar-refractivity contribution in [2.45, 2.75) is 13.0 Å². The number of ether oxygens (including phenoxy) is 3. The van der Waals surface area contributed by atoms with Crippen molar-refractivity contribution in [3.63, 3.8) is 0 Å². The summed E-state index contributed by atoms with van der Waals surface area (Å²) in [5.41, 5.74) is 0.783. The number of carbonyl (C=O) groups is 2. The Balaban J connectivity index is 1.53. The molecule has 1 aliphatic rings. The molecule has 0 spiro atoms. The van der Waals surface area contributed by atoms with Crippen molar-refractivity contribution >= 4 is 45.5 Å². The van der Waals surface area contributed by atoms with E-state index in [2.05, 4.69) is 10.6 Å². The minimum atomic E-state index is -0.494. The summed E-state index contributed by atoms with van der Waals surface area (Å²) in [6.07, 6.45) is -0.397. The van der Waals surface area contributed by atoms with Crippen LogP contribution in [0.15, 0.2) is 60.7 Å². The number of para-hydroxylation sites is 2. The Morgan fingerprint density at radius 3 is 2.59 bits per heavy atom. The lowest BCUT2D eigenvalue weighted by Gasteiger charge is -2.25. The zero-order chi connectivity index (χ0) is 22.5. The van der Waals surface area contributed by atoms with Crippen molar-refractivity contribution in [3.8, 4) is 11.5 Å². The monoisotopic (exact) mass is 468 g/mol. The summed E-state index contributed by atoms with van der Waals surface area (Å²) in [5.74, 6) is 0.467. The van der Waals surface area contributed by atoms with Crippen molar-refractivity contribution < 1.29 is 23.8 Å². The molecule has 9 heteroatoms. The Bertz CT molecular complexity index is 1150. The van der Waals surface area contributed by atoms with Crippen LogP contribution in [0.1, 0.15) is 38.6 Å². The number of amides is 1. The number of fused-ring (bicyclic) bond motifs is 1. The average Bonchev–Trinajstić information content (AvgIpc) is 3.23. The number of hydrogen-bond donors (Lipinski definition) is 2. The molecule has 0 aliphatic carbocycles. The largest absolute Gasteiger partial charge is 0.485 e. The van der Waals surface area contributed by atoms with Gasteiger partial charge in [0.1, 0.15) is 11.6 Å². The first-order valence-corrected chi connectivity index (χ1v) is 11.1. The molecule has 3 aromatic rings. The molecule has 1 amide bonds. The van der Waals surface area contributed by atoms with E-state index < -0.39 is 12.1 Å². The Morgan fingerprint density at radius 2 is 1.84 bits per heavy atom. The van der Waals surface area contributed by atoms with E-state index in [4.69, 9.17) is 26.4 Å². The second-order valence-corrected chi connectivity index (χ2v) is 8.24. The molecule has 0 fully saturated rings. The molecule has 0 unspecified atom stereocenters. The summed E-state index contributed by atoms with van der Waals surface area (Å²) in [5, 5.41) is 6.11. The molecule has 4 rings (SSSR count). The van der Waals surface area contributed by atoms with E-state index in [1.807, 2.05) is 30.3 Å². The van der Waals surface area contributed by atoms with Crippen LogP contribution in [0.4, 0.5) is 5.00 Å². The standard InChI is InChI=1S/C23H20N2O5S2/c1-2-28-22(27)15-12-19(18-13-29-16-10-6-7-11-17(16)30-18)32-21(15)25-23(31)24-20(26)14-8-4-3-5-9-14/h3-12,18H,2,13H2,1H3,(H2,24,25,26,31)/t18-/m1/s1. The van der Waals surface area contributed by atoms with E-state index in [1.165, 1.54) is 11.3 Å². The van der Waals surface area contributed by atoms with Crippen LogP contribution in [0.3, 0.4) is 0 Å². The van der Waals surface area contributed by atoms with Gasteiger partial charge in [0.15, 0.2) is 22.7 Å². The normalized spacial score (nSPS) is 14.3. The van der Waals surface area contributed by atoms with Gasteiger partial charge in [-0.15, -0.1) is 11.3 Å². The van der Waals surface area contributed by atoms with E-state index in [0.717, 1.165) is 4.88 Å². The van der Waals surface area contributed by atoms with Gasteiger partial charge in [0.25, 0.3) is 5.91 Å². The quantitative estimate of drug-likeness (QED) is 0.419. The van der Waals surface area contributed by atoms with Crippen LogP contribution in [0.2, 0.25) is 0 Å². The number of rotatable bonds is 5. The molecular formula is C23H20N2O5S2. The second-order valence-electron chi connectivity index (χ2n) is 6.75. The van der Waals surface area contributed by atoms with E-state index in [1.54, 1.807) is 37.3 Å². The van der Waals surface area contributed by atoms with Gasteiger partial charge in [-0.05, 0) is 49.5 Å². The Labute approximate surface area is 194 Å². The van der Waals surface area contributed by atoms with Gasteiger partial charge in [0.2, 0.25) is 0 Å². The predicted octanol–water partition coefficient (Wildman–Crippen LogP) is 4.56. The zero-order valence-electron chi connectivity index (χ0n) is 17.1.